The highest BCUT2D eigenvalue weighted by Crippen LogP contribution is 2.62. The number of esters is 2. The van der Waals surface area contributed by atoms with E-state index in [-0.39, 0.29) is 65.3 Å². The summed E-state index contributed by atoms with van der Waals surface area (Å²) in [5.74, 6) is -4.77. The number of carbonyl (C=O) groups is 4. The maximum atomic E-state index is 14.4. The van der Waals surface area contributed by atoms with Crippen molar-refractivity contribution in [2.45, 2.75) is 199 Å². The van der Waals surface area contributed by atoms with Crippen molar-refractivity contribution in [2.24, 2.45) is 21.7 Å². The van der Waals surface area contributed by atoms with Gasteiger partial charge in [0.05, 0.1) is 45.1 Å². The number of hydrogen-bond donors (Lipinski definition) is 1. The second-order valence-corrected chi connectivity index (χ2v) is 25.3. The van der Waals surface area contributed by atoms with Crippen LogP contribution in [0, 0.1) is 21.7 Å². The van der Waals surface area contributed by atoms with E-state index in [1.807, 2.05) is 62.3 Å². The summed E-state index contributed by atoms with van der Waals surface area (Å²) in [5, 5.41) is 12.9. The highest BCUT2D eigenvalue weighted by molar-refractivity contribution is 7.55. The molecule has 0 amide bonds. The number of unbranched alkanes of at least 4 members (excludes halogenated alkanes) is 1. The van der Waals surface area contributed by atoms with Crippen LogP contribution < -0.4 is 0 Å². The maximum Gasteiger partial charge on any atom is 0.350 e. The molecule has 0 fully saturated rings. The van der Waals surface area contributed by atoms with Crippen LogP contribution in [0.1, 0.15) is 164 Å². The number of nitrogens with zero attached hydrogens (tertiary/aromatic N) is 2. The minimum Gasteiger partial charge on any atom is -0.481 e. The zero-order chi connectivity index (χ0) is 49.6. The Balaban J connectivity index is 6.51. The van der Waals surface area contributed by atoms with Gasteiger partial charge in [0.15, 0.2) is 12.2 Å². The van der Waals surface area contributed by atoms with Gasteiger partial charge in [-0.05, 0) is 113 Å². The molecule has 0 aromatic carbocycles. The van der Waals surface area contributed by atoms with Gasteiger partial charge in [-0.1, -0.05) is 55.4 Å². The van der Waals surface area contributed by atoms with Gasteiger partial charge in [-0.25, -0.2) is 9.59 Å². The molecule has 4 unspecified atom stereocenters. The molecule has 19 heteroatoms. The summed E-state index contributed by atoms with van der Waals surface area (Å²) in [6.45, 7) is 35.3. The molecule has 0 aromatic heterocycles. The van der Waals surface area contributed by atoms with E-state index in [0.29, 0.717) is 0 Å². The number of carboxylic acids is 1. The van der Waals surface area contributed by atoms with Crippen LogP contribution in [0.15, 0.2) is 0 Å². The first-order chi connectivity index (χ1) is 28.4. The van der Waals surface area contributed by atoms with E-state index in [1.54, 1.807) is 62.3 Å². The monoisotopic (exact) mass is 945 g/mol. The Morgan fingerprint density at radius 1 is 0.556 bits per heavy atom. The topological polar surface area (TPSA) is 203 Å². The SMILES string of the molecule is CCOP(=O)(OCC)C(N(OC(CC(C)(C)C=O)C(=O)OCCCCOC(=O)C(CC(C)(C)C(=O)O)ON(C(C(C)(C)C)P(=O)(OCC)OCC)C(C)(C)C)C(C)(C)C)C(C)(C)C. The van der Waals surface area contributed by atoms with Crippen LogP contribution in [-0.4, -0.2) is 114 Å². The van der Waals surface area contributed by atoms with Crippen LogP contribution in [0.5, 0.6) is 0 Å². The van der Waals surface area contributed by atoms with Gasteiger partial charge < -0.3 is 37.5 Å². The van der Waals surface area contributed by atoms with Crippen LogP contribution in [-0.2, 0) is 65.6 Å². The Morgan fingerprint density at radius 2 is 0.857 bits per heavy atom. The van der Waals surface area contributed by atoms with Crippen molar-refractivity contribution in [1.82, 2.24) is 10.1 Å². The Morgan fingerprint density at radius 3 is 1.10 bits per heavy atom. The molecule has 0 rings (SSSR count). The van der Waals surface area contributed by atoms with Crippen molar-refractivity contribution >= 4 is 39.4 Å². The molecule has 0 aliphatic heterocycles. The largest absolute Gasteiger partial charge is 0.481 e. The van der Waals surface area contributed by atoms with Gasteiger partial charge in [-0.2, -0.15) is 10.1 Å². The van der Waals surface area contributed by atoms with Crippen molar-refractivity contribution < 1.29 is 70.7 Å². The van der Waals surface area contributed by atoms with Crippen LogP contribution in [0.25, 0.3) is 0 Å². The highest BCUT2D eigenvalue weighted by atomic mass is 31.2. The van der Waals surface area contributed by atoms with Gasteiger partial charge in [-0.15, -0.1) is 0 Å². The molecule has 0 bridgehead atoms. The first kappa shape index (κ1) is 61.2. The Labute approximate surface area is 379 Å². The normalized spacial score (nSPS) is 15.8. The third-order valence-corrected chi connectivity index (χ3v) is 15.1. The summed E-state index contributed by atoms with van der Waals surface area (Å²) >= 11 is 0. The maximum absolute atomic E-state index is 14.4. The molecule has 0 saturated heterocycles. The fourth-order valence-electron chi connectivity index (χ4n) is 6.56. The predicted molar refractivity (Wildman–Crippen MR) is 243 cm³/mol. The number of ether oxygens (including phenoxy) is 2. The smallest absolute Gasteiger partial charge is 0.350 e. The van der Waals surface area contributed by atoms with Gasteiger partial charge in [0.25, 0.3) is 0 Å². The highest BCUT2D eigenvalue weighted by Gasteiger charge is 2.54. The number of aliphatic carboxylic acids is 1. The Kier molecular flexibility index (Phi) is 24.1. The van der Waals surface area contributed by atoms with Crippen LogP contribution in [0.2, 0.25) is 0 Å². The van der Waals surface area contributed by atoms with Gasteiger partial charge in [-0.3, -0.25) is 23.6 Å². The summed E-state index contributed by atoms with van der Waals surface area (Å²) in [4.78, 5) is 65.0. The zero-order valence-electron chi connectivity index (χ0n) is 42.4. The minimum atomic E-state index is -3.93. The molecule has 0 aliphatic rings. The lowest BCUT2D eigenvalue weighted by Gasteiger charge is -2.48. The summed E-state index contributed by atoms with van der Waals surface area (Å²) in [6.07, 6.45) is -1.89. The Hall–Kier alpha value is -1.78. The molecule has 0 spiro atoms. The average Bonchev–Trinajstić information content (AvgIpc) is 3.09. The number of hydrogen-bond acceptors (Lipinski definition) is 16. The van der Waals surface area contributed by atoms with Gasteiger partial charge in [0, 0.05) is 22.9 Å². The molecule has 0 aliphatic carbocycles. The molecule has 0 aromatic rings. The third-order valence-electron chi connectivity index (χ3n) is 9.49. The molecule has 0 heterocycles. The molecule has 372 valence electrons. The van der Waals surface area contributed by atoms with E-state index in [2.05, 4.69) is 0 Å². The molecule has 0 radical (unpaired) electrons. The summed E-state index contributed by atoms with van der Waals surface area (Å²) in [5.41, 5.74) is -5.72. The summed E-state index contributed by atoms with van der Waals surface area (Å²) < 4.78 is 63.4. The lowest BCUT2D eigenvalue weighted by Crippen LogP contribution is -2.56. The van der Waals surface area contributed by atoms with Gasteiger partial charge in [0.2, 0.25) is 0 Å². The van der Waals surface area contributed by atoms with Gasteiger partial charge in [0.1, 0.15) is 17.9 Å². The quantitative estimate of drug-likeness (QED) is 0.0244. The van der Waals surface area contributed by atoms with Crippen molar-refractivity contribution in [2.75, 3.05) is 39.6 Å². The molecule has 1 N–H and O–H groups in total. The lowest BCUT2D eigenvalue weighted by atomic mass is 9.87. The van der Waals surface area contributed by atoms with E-state index in [4.69, 9.17) is 37.2 Å². The molecule has 17 nitrogen and oxygen atoms in total. The third kappa shape index (κ3) is 19.5. The minimum absolute atomic E-state index is 0.0652. The van der Waals surface area contributed by atoms with E-state index in [0.717, 1.165) is 6.29 Å². The second kappa shape index (κ2) is 24.8. The number of carbonyl (C=O) groups excluding carboxylic acids is 3. The zero-order valence-corrected chi connectivity index (χ0v) is 44.2. The standard InChI is InChI=1S/C44H86N2O15P2/c1-21-56-62(52,57-22-2)36(39(5,6)7)45(41(11,12)13)60-32(29-43(17,18)31-47)34(48)54-27-25-26-28-55-35(49)33(30-44(19,20)38(50)51)61-46(42(14,15)16)37(40(8,9)10)63(53,58-23-3)59-24-4/h31-33,36-37H,21-30H2,1-20H3,(H,50,51). The van der Waals surface area contributed by atoms with Crippen molar-refractivity contribution in [3.8, 4) is 0 Å². The second-order valence-electron chi connectivity index (χ2n) is 21.2. The molecular weight excluding hydrogens is 858 g/mol. The van der Waals surface area contributed by atoms with E-state index in [1.165, 1.54) is 24.0 Å². The van der Waals surface area contributed by atoms with Crippen molar-refractivity contribution in [3.05, 3.63) is 0 Å². The molecule has 0 saturated carbocycles. The van der Waals surface area contributed by atoms with Crippen LogP contribution in [0.4, 0.5) is 0 Å². The van der Waals surface area contributed by atoms with E-state index in [9.17, 15) is 33.4 Å². The number of aldehydes is 1. The van der Waals surface area contributed by atoms with Crippen molar-refractivity contribution in [3.63, 3.8) is 0 Å². The van der Waals surface area contributed by atoms with Gasteiger partial charge >= 0.3 is 33.1 Å². The fraction of sp³-hybridized carbons (Fsp3) is 0.909. The molecule has 63 heavy (non-hydrogen) atoms. The van der Waals surface area contributed by atoms with Crippen LogP contribution >= 0.6 is 15.2 Å². The number of carboxylic acid groups (broad SMARTS) is 1. The summed E-state index contributed by atoms with van der Waals surface area (Å²) in [6, 6.07) is 0. The van der Waals surface area contributed by atoms with Crippen molar-refractivity contribution in [1.29, 1.82) is 0 Å². The summed E-state index contributed by atoms with van der Waals surface area (Å²) in [7, 11) is -7.81. The predicted octanol–water partition coefficient (Wildman–Crippen LogP) is 10.0. The number of rotatable bonds is 29. The fourth-order valence-corrected chi connectivity index (χ4v) is 11.9. The average molecular weight is 945 g/mol. The van der Waals surface area contributed by atoms with E-state index >= 15 is 0 Å². The number of hydroxylamine groups is 4. The Bertz CT molecular complexity index is 1520. The lowest BCUT2D eigenvalue weighted by molar-refractivity contribution is -0.271. The molecule has 4 atom stereocenters. The first-order valence-electron chi connectivity index (χ1n) is 22.2. The first-order valence-corrected chi connectivity index (χ1v) is 25.4. The molecular formula is C44H86N2O15P2. The van der Waals surface area contributed by atoms with Crippen LogP contribution in [0.3, 0.4) is 0 Å². The van der Waals surface area contributed by atoms with E-state index < -0.39 is 89.6 Å².